The summed E-state index contributed by atoms with van der Waals surface area (Å²) in [6.07, 6.45) is 1.69. The van der Waals surface area contributed by atoms with Crippen LogP contribution in [0.5, 0.6) is 5.75 Å². The highest BCUT2D eigenvalue weighted by Crippen LogP contribution is 2.34. The number of ether oxygens (including phenoxy) is 1. The molecule has 10 heteroatoms. The Bertz CT molecular complexity index is 1320. The van der Waals surface area contributed by atoms with Crippen LogP contribution in [0, 0.1) is 0 Å². The van der Waals surface area contributed by atoms with Gasteiger partial charge in [0.25, 0.3) is 11.8 Å². The highest BCUT2D eigenvalue weighted by Gasteiger charge is 2.34. The van der Waals surface area contributed by atoms with Crippen LogP contribution in [0.25, 0.3) is 6.08 Å². The van der Waals surface area contributed by atoms with E-state index >= 15 is 0 Å². The summed E-state index contributed by atoms with van der Waals surface area (Å²) in [4.78, 5) is 25.9. The summed E-state index contributed by atoms with van der Waals surface area (Å²) < 4.78 is 7.03. The van der Waals surface area contributed by atoms with Gasteiger partial charge in [-0.15, -0.1) is 0 Å². The number of benzene rings is 3. The summed E-state index contributed by atoms with van der Waals surface area (Å²) in [5.74, 6) is -0.338. The smallest absolute Gasteiger partial charge is 0.285 e. The van der Waals surface area contributed by atoms with Crippen molar-refractivity contribution in [2.24, 2.45) is 0 Å². The summed E-state index contributed by atoms with van der Waals surface area (Å²) in [7, 11) is 0. The second-order valence-electron chi connectivity index (χ2n) is 7.07. The molecule has 4 rings (SSSR count). The van der Waals surface area contributed by atoms with E-state index in [1.54, 1.807) is 36.4 Å². The third-order valence-electron chi connectivity index (χ3n) is 4.66. The number of halogens is 3. The van der Waals surface area contributed by atoms with Crippen LogP contribution in [0.1, 0.15) is 21.5 Å². The molecule has 172 valence electrons. The van der Waals surface area contributed by atoms with Gasteiger partial charge in [-0.1, -0.05) is 69.1 Å². The van der Waals surface area contributed by atoms with Crippen LogP contribution in [0.4, 0.5) is 0 Å². The second-order valence-corrected chi connectivity index (χ2v) is 10.5. The average Bonchev–Trinajstić information content (AvgIpc) is 3.07. The maximum absolute atomic E-state index is 13.0. The number of thioether (sulfide) groups is 1. The zero-order chi connectivity index (χ0) is 24.2. The minimum atomic E-state index is -0.491. The molecule has 1 aliphatic rings. The van der Waals surface area contributed by atoms with Crippen molar-refractivity contribution in [1.82, 2.24) is 10.4 Å². The van der Waals surface area contributed by atoms with Gasteiger partial charge in [-0.2, -0.15) is 5.01 Å². The number of hydrazine groups is 1. The number of hydrogen-bond acceptors (Lipinski definition) is 5. The zero-order valence-electron chi connectivity index (χ0n) is 17.3. The Kier molecular flexibility index (Phi) is 7.95. The molecular weight excluding hydrogens is 579 g/mol. The molecule has 0 spiro atoms. The van der Waals surface area contributed by atoms with Gasteiger partial charge in [0.15, 0.2) is 4.32 Å². The first kappa shape index (κ1) is 24.8. The minimum absolute atomic E-state index is 0.213. The van der Waals surface area contributed by atoms with Crippen molar-refractivity contribution in [2.45, 2.75) is 6.61 Å². The molecule has 5 nitrogen and oxygen atoms in total. The fourth-order valence-electron chi connectivity index (χ4n) is 3.01. The van der Waals surface area contributed by atoms with E-state index < -0.39 is 11.8 Å². The monoisotopic (exact) mass is 592 g/mol. The number of rotatable bonds is 6. The molecule has 1 aliphatic heterocycles. The number of amides is 2. The number of nitrogens with zero attached hydrogens (tertiary/aromatic N) is 1. The lowest BCUT2D eigenvalue weighted by molar-refractivity contribution is -0.123. The number of carbonyl (C=O) groups excluding carboxylic acids is 2. The molecule has 1 saturated heterocycles. The first-order valence-corrected chi connectivity index (χ1v) is 12.6. The number of nitrogens with one attached hydrogen (secondary N) is 1. The van der Waals surface area contributed by atoms with Gasteiger partial charge in [0.05, 0.1) is 4.91 Å². The molecule has 0 radical (unpaired) electrons. The van der Waals surface area contributed by atoms with Crippen molar-refractivity contribution in [1.29, 1.82) is 0 Å². The van der Waals surface area contributed by atoms with E-state index in [-0.39, 0.29) is 4.32 Å². The Morgan fingerprint density at radius 3 is 2.59 bits per heavy atom. The minimum Gasteiger partial charge on any atom is -0.488 e. The van der Waals surface area contributed by atoms with E-state index in [9.17, 15) is 9.59 Å². The first-order chi connectivity index (χ1) is 16.3. The molecule has 3 aromatic rings. The number of carbonyl (C=O) groups is 2. The summed E-state index contributed by atoms with van der Waals surface area (Å²) in [5, 5.41) is 2.12. The molecule has 34 heavy (non-hydrogen) atoms. The van der Waals surface area contributed by atoms with E-state index in [0.717, 1.165) is 26.8 Å². The summed E-state index contributed by atoms with van der Waals surface area (Å²) in [6.45, 7) is 0.330. The third kappa shape index (κ3) is 6.00. The van der Waals surface area contributed by atoms with Gasteiger partial charge in [0.2, 0.25) is 0 Å². The Balaban J connectivity index is 1.52. The van der Waals surface area contributed by atoms with Crippen molar-refractivity contribution in [3.05, 3.63) is 103 Å². The molecule has 3 aromatic carbocycles. The molecule has 0 bridgehead atoms. The van der Waals surface area contributed by atoms with Crippen LogP contribution in [-0.4, -0.2) is 21.1 Å². The quantitative estimate of drug-likeness (QED) is 0.249. The van der Waals surface area contributed by atoms with Crippen molar-refractivity contribution in [2.75, 3.05) is 0 Å². The van der Waals surface area contributed by atoms with Crippen molar-refractivity contribution in [3.8, 4) is 5.75 Å². The highest BCUT2D eigenvalue weighted by molar-refractivity contribution is 9.10. The van der Waals surface area contributed by atoms with Crippen LogP contribution < -0.4 is 10.2 Å². The van der Waals surface area contributed by atoms with Gasteiger partial charge in [-0.25, -0.2) is 0 Å². The molecule has 0 aliphatic carbocycles. The maximum atomic E-state index is 13.0. The fraction of sp³-hybridized carbons (Fsp3) is 0.0417. The number of thiocarbonyl (C=S) groups is 1. The SMILES string of the molecule is O=C(NN1C(=O)/C(=C\c2cc(Br)ccc2OCc2ccc(Cl)cc2)SC1=S)c1cccc(Cl)c1. The van der Waals surface area contributed by atoms with Crippen molar-refractivity contribution >= 4 is 85.3 Å². The van der Waals surface area contributed by atoms with Crippen LogP contribution in [-0.2, 0) is 11.4 Å². The first-order valence-electron chi connectivity index (χ1n) is 9.81. The molecule has 0 aromatic heterocycles. The lowest BCUT2D eigenvalue weighted by atomic mass is 10.1. The van der Waals surface area contributed by atoms with E-state index in [4.69, 9.17) is 40.2 Å². The second kappa shape index (κ2) is 10.9. The summed E-state index contributed by atoms with van der Waals surface area (Å²) in [5.41, 5.74) is 4.50. The highest BCUT2D eigenvalue weighted by atomic mass is 79.9. The Morgan fingerprint density at radius 1 is 1.09 bits per heavy atom. The Morgan fingerprint density at radius 2 is 1.85 bits per heavy atom. The lowest BCUT2D eigenvalue weighted by Crippen LogP contribution is -2.44. The van der Waals surface area contributed by atoms with Crippen LogP contribution >= 0.6 is 63.1 Å². The van der Waals surface area contributed by atoms with E-state index in [2.05, 4.69) is 21.4 Å². The van der Waals surface area contributed by atoms with Crippen LogP contribution in [0.2, 0.25) is 10.0 Å². The van der Waals surface area contributed by atoms with Gasteiger partial charge in [0.1, 0.15) is 12.4 Å². The standard InChI is InChI=1S/C24H15BrCl2N2O3S2/c25-17-6-9-20(32-13-14-4-7-18(26)8-5-14)16(10-17)12-21-23(31)29(24(33)34-21)28-22(30)15-2-1-3-19(27)11-15/h1-12H,13H2,(H,28,30)/b21-12+. The molecule has 1 heterocycles. The van der Waals surface area contributed by atoms with E-state index in [1.807, 2.05) is 30.3 Å². The van der Waals surface area contributed by atoms with Gasteiger partial charge in [-0.05, 0) is 72.4 Å². The number of hydrogen-bond donors (Lipinski definition) is 1. The van der Waals surface area contributed by atoms with Crippen molar-refractivity contribution in [3.63, 3.8) is 0 Å². The van der Waals surface area contributed by atoms with Crippen LogP contribution in [0.15, 0.2) is 76.1 Å². The topological polar surface area (TPSA) is 58.6 Å². The van der Waals surface area contributed by atoms with Crippen molar-refractivity contribution < 1.29 is 14.3 Å². The zero-order valence-corrected chi connectivity index (χ0v) is 22.0. The molecule has 2 amide bonds. The predicted molar refractivity (Wildman–Crippen MR) is 144 cm³/mol. The Labute approximate surface area is 224 Å². The van der Waals surface area contributed by atoms with Gasteiger partial charge in [0, 0.05) is 25.6 Å². The van der Waals surface area contributed by atoms with E-state index in [1.165, 1.54) is 6.07 Å². The molecule has 0 atom stereocenters. The molecular formula is C24H15BrCl2N2O3S2. The molecule has 0 unspecified atom stereocenters. The van der Waals surface area contributed by atoms with Gasteiger partial charge in [-0.3, -0.25) is 15.0 Å². The lowest BCUT2D eigenvalue weighted by Gasteiger charge is -2.15. The Hall–Kier alpha value is -2.36. The third-order valence-corrected chi connectivity index (χ3v) is 6.94. The molecule has 1 N–H and O–H groups in total. The normalized spacial score (nSPS) is 14.6. The maximum Gasteiger partial charge on any atom is 0.285 e. The largest absolute Gasteiger partial charge is 0.488 e. The van der Waals surface area contributed by atoms with Crippen LogP contribution in [0.3, 0.4) is 0 Å². The summed E-state index contributed by atoms with van der Waals surface area (Å²) >= 11 is 21.8. The molecule has 1 fully saturated rings. The fourth-order valence-corrected chi connectivity index (χ4v) is 4.87. The van der Waals surface area contributed by atoms with Gasteiger partial charge < -0.3 is 4.74 Å². The average molecular weight is 594 g/mol. The van der Waals surface area contributed by atoms with E-state index in [0.29, 0.717) is 38.4 Å². The predicted octanol–water partition coefficient (Wildman–Crippen LogP) is 6.88. The summed E-state index contributed by atoms with van der Waals surface area (Å²) in [6, 6.07) is 19.3. The van der Waals surface area contributed by atoms with Gasteiger partial charge >= 0.3 is 0 Å². The molecule has 0 saturated carbocycles.